The first-order valence-corrected chi connectivity index (χ1v) is 8.14. The highest BCUT2D eigenvalue weighted by molar-refractivity contribution is 6.45. The van der Waals surface area contributed by atoms with Crippen molar-refractivity contribution in [1.29, 1.82) is 0 Å². The van der Waals surface area contributed by atoms with E-state index in [-0.39, 0.29) is 13.0 Å². The number of carboxylic acid groups (broad SMARTS) is 1. The largest absolute Gasteiger partial charge is 0.480 e. The molecule has 1 amide bonds. The molecule has 2 heterocycles. The Labute approximate surface area is 140 Å². The van der Waals surface area contributed by atoms with Gasteiger partial charge < -0.3 is 24.6 Å². The molecule has 0 unspecified atom stereocenters. The fourth-order valence-electron chi connectivity index (χ4n) is 3.43. The lowest BCUT2D eigenvalue weighted by atomic mass is 9.84. The van der Waals surface area contributed by atoms with Crippen LogP contribution in [0.2, 0.25) is 6.82 Å². The molecule has 8 heteroatoms. The normalized spacial score (nSPS) is 23.7. The second-order valence-corrected chi connectivity index (χ2v) is 6.36. The topological polar surface area (TPSA) is 90.3 Å². The summed E-state index contributed by atoms with van der Waals surface area (Å²) in [6, 6.07) is 7.17. The first-order valence-electron chi connectivity index (χ1n) is 8.14. The Hall–Kier alpha value is -2.06. The third-order valence-corrected chi connectivity index (χ3v) is 4.72. The second-order valence-electron chi connectivity index (χ2n) is 6.36. The van der Waals surface area contributed by atoms with Crippen LogP contribution in [-0.4, -0.2) is 64.2 Å². The highest BCUT2D eigenvalue weighted by atomic mass is 16.6. The van der Waals surface area contributed by atoms with Crippen LogP contribution in [0.5, 0.6) is 0 Å². The minimum Gasteiger partial charge on any atom is -0.480 e. The van der Waals surface area contributed by atoms with Crippen molar-refractivity contribution < 1.29 is 24.5 Å². The fraction of sp³-hybridized carbons (Fsp3) is 0.500. The summed E-state index contributed by atoms with van der Waals surface area (Å²) in [5.74, 6) is -1.01. The van der Waals surface area contributed by atoms with Crippen molar-refractivity contribution in [3.8, 4) is 0 Å². The molecule has 0 spiro atoms. The van der Waals surface area contributed by atoms with Crippen LogP contribution < -0.4 is 0 Å². The van der Waals surface area contributed by atoms with E-state index in [4.69, 9.17) is 4.74 Å². The summed E-state index contributed by atoms with van der Waals surface area (Å²) < 4.78 is 5.50. The lowest BCUT2D eigenvalue weighted by Gasteiger charge is -2.29. The average molecular weight is 332 g/mol. The second kappa shape index (κ2) is 6.82. The van der Waals surface area contributed by atoms with Gasteiger partial charge in [-0.05, 0) is 24.4 Å². The van der Waals surface area contributed by atoms with Gasteiger partial charge in [0.25, 0.3) is 0 Å². The van der Waals surface area contributed by atoms with E-state index in [1.165, 1.54) is 17.2 Å². The number of fused-ring (bicyclic) bond motifs is 1. The maximum atomic E-state index is 12.4. The quantitative estimate of drug-likeness (QED) is 0.797. The molecule has 128 valence electrons. The van der Waals surface area contributed by atoms with E-state index >= 15 is 0 Å². The van der Waals surface area contributed by atoms with Gasteiger partial charge in [-0.15, -0.1) is 0 Å². The van der Waals surface area contributed by atoms with Crippen molar-refractivity contribution in [3.63, 3.8) is 0 Å². The van der Waals surface area contributed by atoms with Crippen molar-refractivity contribution in [3.05, 3.63) is 35.4 Å². The summed E-state index contributed by atoms with van der Waals surface area (Å²) in [4.78, 5) is 26.8. The summed E-state index contributed by atoms with van der Waals surface area (Å²) in [7, 11) is -0.892. The number of carbonyl (C=O) groups is 2. The summed E-state index contributed by atoms with van der Waals surface area (Å²) in [5, 5.41) is 18.9. The molecule has 1 aromatic carbocycles. The van der Waals surface area contributed by atoms with Crippen LogP contribution in [-0.2, 0) is 22.5 Å². The maximum Gasteiger partial charge on any atom is 0.410 e. The smallest absolute Gasteiger partial charge is 0.410 e. The monoisotopic (exact) mass is 332 g/mol. The van der Waals surface area contributed by atoms with Crippen molar-refractivity contribution in [2.75, 3.05) is 13.1 Å². The molecule has 7 nitrogen and oxygen atoms in total. The minimum absolute atomic E-state index is 0.191. The van der Waals surface area contributed by atoms with E-state index in [0.29, 0.717) is 13.1 Å². The third-order valence-electron chi connectivity index (χ3n) is 4.72. The number of ether oxygens (including phenoxy) is 1. The van der Waals surface area contributed by atoms with Crippen LogP contribution in [0, 0.1) is 0 Å². The highest BCUT2D eigenvalue weighted by Crippen LogP contribution is 2.24. The molecule has 0 radical (unpaired) electrons. The van der Waals surface area contributed by atoms with Crippen LogP contribution in [0.25, 0.3) is 0 Å². The summed E-state index contributed by atoms with van der Waals surface area (Å²) in [6.45, 7) is 2.84. The molecular formula is C16H21BN2O5. The molecule has 1 saturated heterocycles. The van der Waals surface area contributed by atoms with E-state index in [0.717, 1.165) is 12.0 Å². The number of hydrogen-bond acceptors (Lipinski definition) is 5. The maximum absolute atomic E-state index is 12.4. The predicted octanol–water partition coefficient (Wildman–Crippen LogP) is 0.819. The van der Waals surface area contributed by atoms with Crippen LogP contribution in [0.3, 0.4) is 0 Å². The zero-order valence-corrected chi connectivity index (χ0v) is 13.6. The Morgan fingerprint density at radius 1 is 1.29 bits per heavy atom. The van der Waals surface area contributed by atoms with Crippen molar-refractivity contribution in [2.45, 2.75) is 38.4 Å². The van der Waals surface area contributed by atoms with Gasteiger partial charge in [-0.3, -0.25) is 4.79 Å². The Morgan fingerprint density at radius 3 is 2.62 bits per heavy atom. The van der Waals surface area contributed by atoms with E-state index in [1.807, 2.05) is 18.2 Å². The lowest BCUT2D eigenvalue weighted by Crippen LogP contribution is -2.45. The van der Waals surface area contributed by atoms with Gasteiger partial charge in [0, 0.05) is 26.1 Å². The Balaban J connectivity index is 1.61. The molecule has 1 fully saturated rings. The fourth-order valence-corrected chi connectivity index (χ4v) is 3.43. The zero-order chi connectivity index (χ0) is 17.3. The van der Waals surface area contributed by atoms with Crippen LogP contribution in [0.15, 0.2) is 24.3 Å². The van der Waals surface area contributed by atoms with Crippen LogP contribution in [0.4, 0.5) is 4.79 Å². The van der Waals surface area contributed by atoms with Gasteiger partial charge in [0.15, 0.2) is 0 Å². The molecule has 0 aliphatic carbocycles. The Bertz CT molecular complexity index is 639. The number of carboxylic acids is 1. The van der Waals surface area contributed by atoms with Gasteiger partial charge in [-0.2, -0.15) is 0 Å². The van der Waals surface area contributed by atoms with Gasteiger partial charge in [0.2, 0.25) is 0 Å². The van der Waals surface area contributed by atoms with Gasteiger partial charge in [-0.25, -0.2) is 4.79 Å². The Morgan fingerprint density at radius 2 is 2.00 bits per heavy atom. The number of aliphatic carboxylic acids is 1. The van der Waals surface area contributed by atoms with Gasteiger partial charge >= 0.3 is 19.1 Å². The highest BCUT2D eigenvalue weighted by Gasteiger charge is 2.42. The molecule has 24 heavy (non-hydrogen) atoms. The van der Waals surface area contributed by atoms with Crippen molar-refractivity contribution >= 4 is 19.1 Å². The van der Waals surface area contributed by atoms with E-state index in [2.05, 4.69) is 6.07 Å². The Kier molecular flexibility index (Phi) is 4.77. The molecular weight excluding hydrogens is 311 g/mol. The first kappa shape index (κ1) is 16.8. The molecule has 2 aliphatic heterocycles. The third kappa shape index (κ3) is 3.39. The number of rotatable bonds is 3. The van der Waals surface area contributed by atoms with Crippen LogP contribution in [0.1, 0.15) is 17.5 Å². The summed E-state index contributed by atoms with van der Waals surface area (Å²) in [5.41, 5.74) is 2.36. The molecule has 2 N–H and O–H groups in total. The van der Waals surface area contributed by atoms with E-state index in [1.54, 1.807) is 4.90 Å². The SMILES string of the molecule is CB(O)N1C[C@@H](OC(=O)N2CCc3ccccc3C2)C[C@H]1C(=O)O. The minimum atomic E-state index is -1.01. The molecule has 2 atom stereocenters. The number of benzene rings is 1. The van der Waals surface area contributed by atoms with E-state index in [9.17, 15) is 19.7 Å². The van der Waals surface area contributed by atoms with Gasteiger partial charge in [0.1, 0.15) is 12.1 Å². The summed E-state index contributed by atoms with van der Waals surface area (Å²) in [6.07, 6.45) is 0.0284. The number of amides is 1. The number of nitrogens with zero attached hydrogens (tertiary/aromatic N) is 2. The average Bonchev–Trinajstić information content (AvgIpc) is 2.99. The molecule has 1 aromatic rings. The lowest BCUT2D eigenvalue weighted by molar-refractivity contribution is -0.141. The zero-order valence-electron chi connectivity index (χ0n) is 13.6. The number of hydrogen-bond donors (Lipinski definition) is 2. The van der Waals surface area contributed by atoms with Gasteiger partial charge in [-0.1, -0.05) is 24.3 Å². The number of carbonyl (C=O) groups excluding carboxylic acids is 1. The van der Waals surface area contributed by atoms with Crippen molar-refractivity contribution in [2.24, 2.45) is 0 Å². The predicted molar refractivity (Wildman–Crippen MR) is 87.4 cm³/mol. The molecule has 0 aromatic heterocycles. The molecule has 0 saturated carbocycles. The molecule has 3 rings (SSSR count). The standard InChI is InChI=1S/C16H21BN2O5/c1-17(23)19-10-13(8-14(19)15(20)21)24-16(22)18-7-6-11-4-2-3-5-12(11)9-18/h2-5,13-14,23H,6-10H2,1H3,(H,20,21)/t13-,14-/m0/s1. The molecule has 0 bridgehead atoms. The van der Waals surface area contributed by atoms with Crippen LogP contribution >= 0.6 is 0 Å². The summed E-state index contributed by atoms with van der Waals surface area (Å²) >= 11 is 0. The molecule has 2 aliphatic rings. The first-order chi connectivity index (χ1) is 11.5. The van der Waals surface area contributed by atoms with Gasteiger partial charge in [0.05, 0.1) is 0 Å². The van der Waals surface area contributed by atoms with Crippen molar-refractivity contribution in [1.82, 2.24) is 9.71 Å². The van der Waals surface area contributed by atoms with E-state index < -0.39 is 31.3 Å².